The number of hydrogen-bond donors (Lipinski definition) is 1. The first kappa shape index (κ1) is 17.1. The summed E-state index contributed by atoms with van der Waals surface area (Å²) in [5.74, 6) is 0. The van der Waals surface area contributed by atoms with Gasteiger partial charge in [-0.25, -0.2) is 18.1 Å². The fourth-order valence-electron chi connectivity index (χ4n) is 2.81. The average Bonchev–Trinajstić information content (AvgIpc) is 2.94. The van der Waals surface area contributed by atoms with Crippen LogP contribution < -0.4 is 4.72 Å². The van der Waals surface area contributed by atoms with Crippen LogP contribution in [0.5, 0.6) is 0 Å². The van der Waals surface area contributed by atoms with Gasteiger partial charge >= 0.3 is 0 Å². The quantitative estimate of drug-likeness (QED) is 0.765. The highest BCUT2D eigenvalue weighted by Gasteiger charge is 2.22. The number of aryl methyl sites for hydroxylation is 2. The summed E-state index contributed by atoms with van der Waals surface area (Å²) in [4.78, 5) is 4.87. The van der Waals surface area contributed by atoms with Crippen LogP contribution in [0.1, 0.15) is 27.3 Å². The largest absolute Gasteiger partial charge is 0.241 e. The summed E-state index contributed by atoms with van der Waals surface area (Å²) in [6.07, 6.45) is 0. The van der Waals surface area contributed by atoms with E-state index >= 15 is 0 Å². The third-order valence-corrected chi connectivity index (χ3v) is 7.03. The number of aromatic nitrogens is 1. The van der Waals surface area contributed by atoms with Crippen molar-refractivity contribution in [2.75, 3.05) is 0 Å². The second-order valence-electron chi connectivity index (χ2n) is 5.99. The first-order valence-electron chi connectivity index (χ1n) is 7.71. The summed E-state index contributed by atoms with van der Waals surface area (Å²) in [5, 5.41) is 0.763. The molecule has 0 amide bonds. The Morgan fingerprint density at radius 3 is 2.29 bits per heavy atom. The number of nitrogens with one attached hydrogen (secondary N) is 1. The van der Waals surface area contributed by atoms with Gasteiger partial charge in [-0.05, 0) is 62.1 Å². The van der Waals surface area contributed by atoms with Crippen LogP contribution in [-0.2, 0) is 16.6 Å². The molecule has 1 aromatic heterocycles. The van der Waals surface area contributed by atoms with Crippen molar-refractivity contribution in [1.29, 1.82) is 0 Å². The van der Waals surface area contributed by atoms with Gasteiger partial charge in [0.1, 0.15) is 5.01 Å². The van der Waals surface area contributed by atoms with Gasteiger partial charge in [0.2, 0.25) is 10.0 Å². The molecule has 0 atom stereocenters. The second kappa shape index (κ2) is 6.27. The van der Waals surface area contributed by atoms with Gasteiger partial charge < -0.3 is 0 Å². The molecular weight excluding hydrogens is 340 g/mol. The minimum atomic E-state index is -3.59. The fraction of sp³-hybridized carbons (Fsp3) is 0.278. The minimum absolute atomic E-state index is 0.202. The molecule has 3 aromatic rings. The van der Waals surface area contributed by atoms with E-state index in [1.54, 1.807) is 0 Å². The molecular formula is C18H20N2O2S2. The summed E-state index contributed by atoms with van der Waals surface area (Å²) in [6, 6.07) is 9.83. The number of rotatable bonds is 4. The Balaban J connectivity index is 1.92. The van der Waals surface area contributed by atoms with Gasteiger partial charge in [0, 0.05) is 0 Å². The molecule has 0 saturated heterocycles. The van der Waals surface area contributed by atoms with E-state index in [0.29, 0.717) is 4.90 Å². The van der Waals surface area contributed by atoms with Crippen LogP contribution in [0.2, 0.25) is 0 Å². The molecule has 4 nitrogen and oxygen atoms in total. The molecule has 2 aromatic carbocycles. The Hall–Kier alpha value is -1.76. The SMILES string of the molecule is Cc1cc(C)c(C)c(S(=O)(=O)NCc2nc3ccccc3s2)c1C. The van der Waals surface area contributed by atoms with Gasteiger partial charge in [-0.15, -0.1) is 11.3 Å². The third kappa shape index (κ3) is 3.09. The fourth-order valence-corrected chi connectivity index (χ4v) is 5.41. The number of para-hydroxylation sites is 1. The van der Waals surface area contributed by atoms with Crippen LogP contribution in [-0.4, -0.2) is 13.4 Å². The lowest BCUT2D eigenvalue weighted by Crippen LogP contribution is -2.25. The Labute approximate surface area is 146 Å². The van der Waals surface area contributed by atoms with Crippen molar-refractivity contribution in [2.45, 2.75) is 39.1 Å². The van der Waals surface area contributed by atoms with Crippen LogP contribution in [0.3, 0.4) is 0 Å². The van der Waals surface area contributed by atoms with E-state index in [9.17, 15) is 8.42 Å². The van der Waals surface area contributed by atoms with Crippen molar-refractivity contribution in [3.05, 3.63) is 57.6 Å². The van der Waals surface area contributed by atoms with Gasteiger partial charge in [-0.3, -0.25) is 0 Å². The Kier molecular flexibility index (Phi) is 4.46. The van der Waals surface area contributed by atoms with E-state index in [0.717, 1.165) is 37.5 Å². The van der Waals surface area contributed by atoms with E-state index in [4.69, 9.17) is 0 Å². The number of hydrogen-bond acceptors (Lipinski definition) is 4. The number of benzene rings is 2. The first-order chi connectivity index (χ1) is 11.3. The molecule has 0 unspecified atom stereocenters. The normalized spacial score (nSPS) is 12.0. The zero-order valence-electron chi connectivity index (χ0n) is 14.2. The van der Waals surface area contributed by atoms with Crippen molar-refractivity contribution >= 4 is 31.6 Å². The molecule has 0 aliphatic carbocycles. The molecule has 0 aliphatic rings. The standard InChI is InChI=1S/C18H20N2O2S2/c1-11-9-12(2)14(4)18(13(11)3)24(21,22)19-10-17-20-15-7-5-6-8-16(15)23-17/h5-9,19H,10H2,1-4H3. The lowest BCUT2D eigenvalue weighted by molar-refractivity contribution is 0.579. The number of fused-ring (bicyclic) bond motifs is 1. The summed E-state index contributed by atoms with van der Waals surface area (Å²) in [6.45, 7) is 7.79. The van der Waals surface area contributed by atoms with Gasteiger partial charge in [0.15, 0.2) is 0 Å². The number of nitrogens with zero attached hydrogens (tertiary/aromatic N) is 1. The van der Waals surface area contributed by atoms with Crippen molar-refractivity contribution in [3.63, 3.8) is 0 Å². The summed E-state index contributed by atoms with van der Waals surface area (Å²) < 4.78 is 29.4. The van der Waals surface area contributed by atoms with E-state index < -0.39 is 10.0 Å². The highest BCUT2D eigenvalue weighted by atomic mass is 32.2. The summed E-state index contributed by atoms with van der Waals surface area (Å²) in [5.41, 5.74) is 4.47. The third-order valence-electron chi connectivity index (χ3n) is 4.32. The maximum Gasteiger partial charge on any atom is 0.241 e. The highest BCUT2D eigenvalue weighted by molar-refractivity contribution is 7.89. The Bertz CT molecular complexity index is 962. The van der Waals surface area contributed by atoms with E-state index in [1.165, 1.54) is 11.3 Å². The van der Waals surface area contributed by atoms with Crippen LogP contribution in [0.4, 0.5) is 0 Å². The molecule has 0 radical (unpaired) electrons. The average molecular weight is 361 g/mol. The van der Waals surface area contributed by atoms with Crippen molar-refractivity contribution in [3.8, 4) is 0 Å². The molecule has 24 heavy (non-hydrogen) atoms. The molecule has 0 fully saturated rings. The lowest BCUT2D eigenvalue weighted by atomic mass is 10.0. The molecule has 1 N–H and O–H groups in total. The summed E-state index contributed by atoms with van der Waals surface area (Å²) in [7, 11) is -3.59. The van der Waals surface area contributed by atoms with Crippen molar-refractivity contribution in [1.82, 2.24) is 9.71 Å². The summed E-state index contributed by atoms with van der Waals surface area (Å²) >= 11 is 1.51. The zero-order chi connectivity index (χ0) is 17.5. The minimum Gasteiger partial charge on any atom is -0.240 e. The molecule has 1 heterocycles. The topological polar surface area (TPSA) is 59.1 Å². The van der Waals surface area contributed by atoms with Crippen LogP contribution in [0.25, 0.3) is 10.2 Å². The molecule has 3 rings (SSSR count). The monoisotopic (exact) mass is 360 g/mol. The molecule has 0 aliphatic heterocycles. The molecule has 0 spiro atoms. The van der Waals surface area contributed by atoms with Gasteiger partial charge in [-0.2, -0.15) is 0 Å². The number of thiazole rings is 1. The Morgan fingerprint density at radius 2 is 1.67 bits per heavy atom. The van der Waals surface area contributed by atoms with Gasteiger partial charge in [-0.1, -0.05) is 18.2 Å². The van der Waals surface area contributed by atoms with Crippen LogP contribution in [0, 0.1) is 27.7 Å². The smallest absolute Gasteiger partial charge is 0.240 e. The Morgan fingerprint density at radius 1 is 1.04 bits per heavy atom. The molecule has 6 heteroatoms. The molecule has 0 saturated carbocycles. The predicted octanol–water partition coefficient (Wildman–Crippen LogP) is 4.01. The molecule has 0 bridgehead atoms. The molecule has 126 valence electrons. The zero-order valence-corrected chi connectivity index (χ0v) is 15.8. The van der Waals surface area contributed by atoms with Gasteiger partial charge in [0.25, 0.3) is 0 Å². The van der Waals surface area contributed by atoms with Crippen molar-refractivity contribution < 1.29 is 8.42 Å². The van der Waals surface area contributed by atoms with E-state index in [1.807, 2.05) is 58.0 Å². The second-order valence-corrected chi connectivity index (χ2v) is 8.81. The number of sulfonamides is 1. The lowest BCUT2D eigenvalue weighted by Gasteiger charge is -2.15. The van der Waals surface area contributed by atoms with Crippen LogP contribution in [0.15, 0.2) is 35.2 Å². The van der Waals surface area contributed by atoms with E-state index in [2.05, 4.69) is 9.71 Å². The first-order valence-corrected chi connectivity index (χ1v) is 10.0. The van der Waals surface area contributed by atoms with Gasteiger partial charge in [0.05, 0.1) is 21.7 Å². The van der Waals surface area contributed by atoms with Crippen molar-refractivity contribution in [2.24, 2.45) is 0 Å². The maximum absolute atomic E-state index is 12.8. The maximum atomic E-state index is 12.8. The van der Waals surface area contributed by atoms with E-state index in [-0.39, 0.29) is 6.54 Å². The predicted molar refractivity (Wildman–Crippen MR) is 99.0 cm³/mol. The van der Waals surface area contributed by atoms with Crippen LogP contribution >= 0.6 is 11.3 Å². The highest BCUT2D eigenvalue weighted by Crippen LogP contribution is 2.27.